The second-order valence-corrected chi connectivity index (χ2v) is 16.8. The first-order valence-electron chi connectivity index (χ1n) is 17.6. The van der Waals surface area contributed by atoms with Crippen molar-refractivity contribution in [1.82, 2.24) is 38.9 Å². The second kappa shape index (κ2) is 17.3. The van der Waals surface area contributed by atoms with Gasteiger partial charge in [-0.2, -0.15) is 4.31 Å². The Morgan fingerprint density at radius 1 is 0.759 bits per heavy atom. The lowest BCUT2D eigenvalue weighted by molar-refractivity contribution is -0.0434. The van der Waals surface area contributed by atoms with Crippen molar-refractivity contribution in [3.05, 3.63) is 110 Å². The summed E-state index contributed by atoms with van der Waals surface area (Å²) in [5.41, 5.74) is 14.1. The van der Waals surface area contributed by atoms with E-state index in [1.54, 1.807) is 60.9 Å². The van der Waals surface area contributed by atoms with Gasteiger partial charge in [-0.05, 0) is 37.6 Å². The summed E-state index contributed by atoms with van der Waals surface area (Å²) in [6.45, 7) is 0.589. The molecule has 0 radical (unpaired) electrons. The Hall–Kier alpha value is -5.93. The van der Waals surface area contributed by atoms with Crippen molar-refractivity contribution in [2.75, 3.05) is 31.1 Å². The van der Waals surface area contributed by atoms with Crippen molar-refractivity contribution in [3.8, 4) is 44.8 Å². The monoisotopic (exact) mass is 834 g/mol. The molecule has 6 aromatic rings. The molecular weight excluding hydrogens is 798 g/mol. The van der Waals surface area contributed by atoms with Gasteiger partial charge in [0.1, 0.15) is 11.5 Å². The van der Waals surface area contributed by atoms with Crippen LogP contribution in [-0.2, 0) is 20.0 Å². The number of piperidine rings is 1. The number of benzene rings is 2. The maximum absolute atomic E-state index is 14.7. The number of anilines is 2. The summed E-state index contributed by atoms with van der Waals surface area (Å²) >= 11 is 0. The first-order valence-corrected chi connectivity index (χ1v) is 20.5. The number of alkyl halides is 2. The number of nitrogens with two attached hydrogens (primary N) is 2. The van der Waals surface area contributed by atoms with Crippen molar-refractivity contribution in [1.29, 1.82) is 0 Å². The fourth-order valence-electron chi connectivity index (χ4n) is 5.90. The number of aliphatic hydroxyl groups excluding tert-OH is 1. The highest BCUT2D eigenvalue weighted by Crippen LogP contribution is 2.35. The highest BCUT2D eigenvalue weighted by molar-refractivity contribution is 7.89. The number of aliphatic hydroxyl groups is 1. The summed E-state index contributed by atoms with van der Waals surface area (Å²) in [7, 11) is -8.00. The predicted octanol–water partition coefficient (Wildman–Crippen LogP) is 4.79. The number of hydrogen-bond acceptors (Lipinski definition) is 13. The number of rotatable bonds is 10. The van der Waals surface area contributed by atoms with Crippen LogP contribution in [0.2, 0.25) is 0 Å². The normalized spacial score (nSPS) is 14.9. The maximum atomic E-state index is 14.7. The van der Waals surface area contributed by atoms with Crippen molar-refractivity contribution >= 4 is 31.9 Å². The molecule has 0 unspecified atom stereocenters. The van der Waals surface area contributed by atoms with Crippen LogP contribution in [0.3, 0.4) is 0 Å². The first-order chi connectivity index (χ1) is 27.5. The van der Waals surface area contributed by atoms with E-state index in [2.05, 4.69) is 34.6 Å². The van der Waals surface area contributed by atoms with Crippen LogP contribution < -0.4 is 16.2 Å². The average Bonchev–Trinajstić information content (AvgIpc) is 3.21. The van der Waals surface area contributed by atoms with E-state index in [-0.39, 0.29) is 64.4 Å². The fourth-order valence-corrected chi connectivity index (χ4v) is 8.97. The fraction of sp³-hybridized carbons (Fsp3) is 0.211. The minimum Gasteiger partial charge on any atom is -0.392 e. The zero-order chi connectivity index (χ0) is 41.7. The third-order valence-electron chi connectivity index (χ3n) is 8.75. The van der Waals surface area contributed by atoms with Gasteiger partial charge in [-0.25, -0.2) is 54.7 Å². The Balaban J connectivity index is 0.000000196. The predicted molar refractivity (Wildman–Crippen MR) is 210 cm³/mol. The van der Waals surface area contributed by atoms with Gasteiger partial charge in [-0.1, -0.05) is 42.5 Å². The summed E-state index contributed by atoms with van der Waals surface area (Å²) in [6, 6.07) is 17.1. The van der Waals surface area contributed by atoms with Gasteiger partial charge in [0.25, 0.3) is 5.92 Å². The summed E-state index contributed by atoms with van der Waals surface area (Å²) in [5.74, 6) is -3.47. The molecule has 1 atom stereocenters. The third kappa shape index (κ3) is 9.77. The van der Waals surface area contributed by atoms with Crippen LogP contribution in [0.25, 0.3) is 44.8 Å². The topological polar surface area (TPSA) is 233 Å². The Kier molecular flexibility index (Phi) is 12.4. The molecular formula is C38H37F3N10O5S2. The molecule has 15 nitrogen and oxygen atoms in total. The minimum absolute atomic E-state index is 0.0203. The van der Waals surface area contributed by atoms with Crippen molar-refractivity contribution < 1.29 is 35.1 Å². The molecule has 1 saturated heterocycles. The number of halogens is 3. The van der Waals surface area contributed by atoms with E-state index in [0.29, 0.717) is 27.9 Å². The summed E-state index contributed by atoms with van der Waals surface area (Å²) in [4.78, 5) is 23.9. The molecule has 2 aromatic carbocycles. The van der Waals surface area contributed by atoms with E-state index >= 15 is 0 Å². The Labute approximate surface area is 332 Å². The van der Waals surface area contributed by atoms with Crippen LogP contribution in [0.5, 0.6) is 0 Å². The zero-order valence-corrected chi connectivity index (χ0v) is 32.4. The molecule has 1 fully saturated rings. The second-order valence-electron chi connectivity index (χ2n) is 13.1. The molecule has 58 heavy (non-hydrogen) atoms. The van der Waals surface area contributed by atoms with Gasteiger partial charge in [0.05, 0.1) is 28.1 Å². The number of hydrogen-bond donors (Lipinski definition) is 4. The molecule has 1 aliphatic heterocycles. The lowest BCUT2D eigenvalue weighted by atomic mass is 10.1. The van der Waals surface area contributed by atoms with Crippen molar-refractivity contribution in [3.63, 3.8) is 0 Å². The minimum atomic E-state index is -4.09. The van der Waals surface area contributed by atoms with Crippen LogP contribution in [0.4, 0.5) is 25.1 Å². The molecule has 5 heterocycles. The molecule has 0 saturated carbocycles. The number of nitrogen functional groups attached to an aromatic ring is 2. The summed E-state index contributed by atoms with van der Waals surface area (Å²) < 4.78 is 96.9. The zero-order valence-electron chi connectivity index (χ0n) is 30.7. The first kappa shape index (κ1) is 41.7. The van der Waals surface area contributed by atoms with Crippen molar-refractivity contribution in [2.45, 2.75) is 41.6 Å². The van der Waals surface area contributed by atoms with Gasteiger partial charge in [-0.15, -0.1) is 0 Å². The molecule has 4 aromatic heterocycles. The van der Waals surface area contributed by atoms with Crippen LogP contribution in [0.1, 0.15) is 19.8 Å². The molecule has 1 aliphatic rings. The van der Waals surface area contributed by atoms with E-state index in [4.69, 9.17) is 11.5 Å². The van der Waals surface area contributed by atoms with E-state index < -0.39 is 44.4 Å². The lowest BCUT2D eigenvalue weighted by Gasteiger charge is -2.32. The van der Waals surface area contributed by atoms with E-state index in [0.717, 1.165) is 4.31 Å². The number of aromatic nitrogens is 6. The third-order valence-corrected chi connectivity index (χ3v) is 12.1. The Bertz CT molecular complexity index is 2600. The van der Waals surface area contributed by atoms with Crippen molar-refractivity contribution in [2.24, 2.45) is 0 Å². The van der Waals surface area contributed by atoms with Crippen LogP contribution in [0, 0.1) is 5.82 Å². The van der Waals surface area contributed by atoms with Gasteiger partial charge in [0, 0.05) is 90.1 Å². The summed E-state index contributed by atoms with van der Waals surface area (Å²) in [5, 5.41) is 9.34. The van der Waals surface area contributed by atoms with Gasteiger partial charge >= 0.3 is 0 Å². The standard InChI is InChI=1S/C20H19F2N5O2S.C18H18FN5O3S/c21-20(22)8-3-9-27(13-20)30(28,29)18-5-2-1-4-16(18)14-6-7-17(24-10-14)15-11-25-19(23)26-12-15;1-11(25)7-24-28(26,27)16-5-3-2-4-14(16)12-6-15(19)17(21-8-12)13-9-22-18(20)23-10-13/h1-2,4-7,10-12H,3,8-9,13H2,(H2,23,25,26);2-6,8-11,24-25H,7H2,1H3,(H2,20,22,23)/t;11-/m.1/s1. The molecule has 6 N–H and O–H groups in total. The van der Waals surface area contributed by atoms with Gasteiger partial charge in [0.2, 0.25) is 31.9 Å². The number of nitrogens with one attached hydrogen (secondary N) is 1. The smallest absolute Gasteiger partial charge is 0.261 e. The molecule has 0 spiro atoms. The summed E-state index contributed by atoms with van der Waals surface area (Å²) in [6.07, 6.45) is 7.66. The van der Waals surface area contributed by atoms with Gasteiger partial charge < -0.3 is 16.6 Å². The highest BCUT2D eigenvalue weighted by atomic mass is 32.2. The number of nitrogens with zero attached hydrogens (tertiary/aromatic N) is 7. The van der Waals surface area contributed by atoms with Crippen LogP contribution in [0.15, 0.2) is 114 Å². The SMILES string of the molecule is C[C@@H](O)CNS(=O)(=O)c1ccccc1-c1cnc(-c2cnc(N)nc2)c(F)c1.Nc1ncc(-c2ccc(-c3ccccc3S(=O)(=O)N3CCCC(F)(F)C3)cn2)cn1. The van der Waals surface area contributed by atoms with E-state index in [1.807, 2.05) is 0 Å². The van der Waals surface area contributed by atoms with E-state index in [1.165, 1.54) is 49.9 Å². The number of pyridine rings is 2. The largest absolute Gasteiger partial charge is 0.392 e. The quantitative estimate of drug-likeness (QED) is 0.146. The molecule has 20 heteroatoms. The maximum Gasteiger partial charge on any atom is 0.261 e. The molecule has 7 rings (SSSR count). The molecule has 0 bridgehead atoms. The Morgan fingerprint density at radius 2 is 1.31 bits per heavy atom. The molecule has 302 valence electrons. The lowest BCUT2D eigenvalue weighted by Crippen LogP contribution is -2.45. The van der Waals surface area contributed by atoms with Gasteiger partial charge in [-0.3, -0.25) is 9.97 Å². The molecule has 0 aliphatic carbocycles. The number of sulfonamides is 2. The van der Waals surface area contributed by atoms with Crippen LogP contribution >= 0.6 is 0 Å². The van der Waals surface area contributed by atoms with E-state index in [9.17, 15) is 35.1 Å². The Morgan fingerprint density at radius 3 is 1.88 bits per heavy atom. The molecule has 0 amide bonds. The highest BCUT2D eigenvalue weighted by Gasteiger charge is 2.41. The van der Waals surface area contributed by atoms with Gasteiger partial charge in [0.15, 0.2) is 0 Å². The van der Waals surface area contributed by atoms with Crippen LogP contribution in [-0.4, -0.2) is 87.8 Å². The average molecular weight is 835 g/mol.